The summed E-state index contributed by atoms with van der Waals surface area (Å²) < 4.78 is 11.7. The van der Waals surface area contributed by atoms with E-state index in [0.29, 0.717) is 22.9 Å². The van der Waals surface area contributed by atoms with Crippen molar-refractivity contribution in [3.63, 3.8) is 0 Å². The van der Waals surface area contributed by atoms with Gasteiger partial charge >= 0.3 is 0 Å². The van der Waals surface area contributed by atoms with E-state index in [4.69, 9.17) is 9.47 Å². The second-order valence-electron chi connectivity index (χ2n) is 7.03. The maximum Gasteiger partial charge on any atom is 0.261 e. The van der Waals surface area contributed by atoms with Crippen molar-refractivity contribution in [3.05, 3.63) is 35.2 Å². The molecule has 2 rings (SSSR count). The molecule has 0 radical (unpaired) electrons. The van der Waals surface area contributed by atoms with Gasteiger partial charge in [-0.3, -0.25) is 9.69 Å². The van der Waals surface area contributed by atoms with Crippen LogP contribution in [0, 0.1) is 0 Å². The lowest BCUT2D eigenvalue weighted by atomic mass is 10.1. The maximum atomic E-state index is 12.3. The summed E-state index contributed by atoms with van der Waals surface area (Å²) in [6.07, 6.45) is -0.0380. The summed E-state index contributed by atoms with van der Waals surface area (Å²) in [5.41, 5.74) is 1.00. The van der Waals surface area contributed by atoms with Gasteiger partial charge in [0.2, 0.25) is 0 Å². The van der Waals surface area contributed by atoms with E-state index >= 15 is 0 Å². The topological polar surface area (TPSA) is 54.0 Å². The Labute approximate surface area is 178 Å². The molecule has 1 aromatic heterocycles. The first-order valence-electron chi connectivity index (χ1n) is 10.0. The lowest BCUT2D eigenvalue weighted by molar-refractivity contribution is 0.0458. The normalized spacial score (nSPS) is 12.3. The molecule has 1 heterocycles. The third kappa shape index (κ3) is 6.45. The molecule has 1 unspecified atom stereocenters. The van der Waals surface area contributed by atoms with Crippen LogP contribution in [-0.4, -0.2) is 69.3 Å². The van der Waals surface area contributed by atoms with Gasteiger partial charge in [0.25, 0.3) is 5.91 Å². The summed E-state index contributed by atoms with van der Waals surface area (Å²) in [7, 11) is 5.62. The fraction of sp³-hybridized carbons (Fsp3) is 0.500. The summed E-state index contributed by atoms with van der Waals surface area (Å²) in [6, 6.07) is 9.74. The van der Waals surface area contributed by atoms with Crippen LogP contribution in [0.1, 0.15) is 30.4 Å². The highest BCUT2D eigenvalue weighted by Crippen LogP contribution is 2.36. The van der Waals surface area contributed by atoms with Gasteiger partial charge in [-0.2, -0.15) is 0 Å². The van der Waals surface area contributed by atoms with Gasteiger partial charge in [0, 0.05) is 18.0 Å². The van der Waals surface area contributed by atoms with Crippen molar-refractivity contribution in [3.8, 4) is 21.9 Å². The van der Waals surface area contributed by atoms with Crippen molar-refractivity contribution in [2.24, 2.45) is 0 Å². The van der Waals surface area contributed by atoms with Crippen LogP contribution >= 0.6 is 11.3 Å². The zero-order chi connectivity index (χ0) is 21.4. The van der Waals surface area contributed by atoms with Gasteiger partial charge in [-0.1, -0.05) is 13.8 Å². The molecule has 160 valence electrons. The van der Waals surface area contributed by atoms with Crippen LogP contribution in [0.25, 0.3) is 10.4 Å². The van der Waals surface area contributed by atoms with Gasteiger partial charge in [-0.15, -0.1) is 11.3 Å². The average Bonchev–Trinajstić information content (AvgIpc) is 3.19. The van der Waals surface area contributed by atoms with Crippen molar-refractivity contribution >= 4 is 17.2 Å². The van der Waals surface area contributed by atoms with Crippen molar-refractivity contribution < 1.29 is 14.3 Å². The highest BCUT2D eigenvalue weighted by molar-refractivity contribution is 7.17. The van der Waals surface area contributed by atoms with Crippen LogP contribution in [0.15, 0.2) is 30.3 Å². The minimum absolute atomic E-state index is 0.0380. The van der Waals surface area contributed by atoms with Crippen molar-refractivity contribution in [1.82, 2.24) is 15.1 Å². The first kappa shape index (κ1) is 23.2. The molecule has 0 bridgehead atoms. The van der Waals surface area contributed by atoms with Crippen LogP contribution in [0.2, 0.25) is 0 Å². The molecular weight excluding hydrogens is 386 g/mol. The van der Waals surface area contributed by atoms with Gasteiger partial charge in [0.05, 0.1) is 12.0 Å². The summed E-state index contributed by atoms with van der Waals surface area (Å²) in [5, 5.41) is 2.95. The maximum absolute atomic E-state index is 12.3. The Bertz CT molecular complexity index is 787. The van der Waals surface area contributed by atoms with E-state index in [9.17, 15) is 4.79 Å². The van der Waals surface area contributed by atoms with Gasteiger partial charge in [-0.25, -0.2) is 0 Å². The molecule has 1 atom stereocenters. The first-order chi connectivity index (χ1) is 13.9. The third-order valence-electron chi connectivity index (χ3n) is 4.75. The number of hydrogen-bond acceptors (Lipinski definition) is 6. The van der Waals surface area contributed by atoms with Gasteiger partial charge < -0.3 is 19.7 Å². The number of methoxy groups -OCH3 is 1. The minimum Gasteiger partial charge on any atom is -0.493 e. The Morgan fingerprint density at radius 3 is 2.48 bits per heavy atom. The Kier molecular flexibility index (Phi) is 8.95. The van der Waals surface area contributed by atoms with E-state index in [1.54, 1.807) is 7.11 Å². The van der Waals surface area contributed by atoms with Crippen LogP contribution in [0.5, 0.6) is 11.5 Å². The Balaban J connectivity index is 2.12. The lowest BCUT2D eigenvalue weighted by Gasteiger charge is -2.27. The lowest BCUT2D eigenvalue weighted by Crippen LogP contribution is -2.36. The van der Waals surface area contributed by atoms with E-state index < -0.39 is 0 Å². The Morgan fingerprint density at radius 2 is 1.86 bits per heavy atom. The molecule has 0 saturated carbocycles. The van der Waals surface area contributed by atoms with Crippen molar-refractivity contribution in [2.45, 2.75) is 27.0 Å². The quantitative estimate of drug-likeness (QED) is 0.562. The molecule has 1 aromatic carbocycles. The molecule has 29 heavy (non-hydrogen) atoms. The fourth-order valence-electron chi connectivity index (χ4n) is 3.01. The zero-order valence-electron chi connectivity index (χ0n) is 18.3. The number of hydrogen-bond donors (Lipinski definition) is 1. The second kappa shape index (κ2) is 11.2. The molecule has 0 fully saturated rings. The number of carbonyl (C=O) groups excluding carboxylic acids is 1. The largest absolute Gasteiger partial charge is 0.493 e. The highest BCUT2D eigenvalue weighted by atomic mass is 32.1. The summed E-state index contributed by atoms with van der Waals surface area (Å²) >= 11 is 1.47. The molecule has 0 aliphatic carbocycles. The predicted molar refractivity (Wildman–Crippen MR) is 120 cm³/mol. The van der Waals surface area contributed by atoms with Crippen molar-refractivity contribution in [1.29, 1.82) is 0 Å². The van der Waals surface area contributed by atoms with Crippen LogP contribution in [0.4, 0.5) is 0 Å². The number of carbonyl (C=O) groups is 1. The van der Waals surface area contributed by atoms with E-state index in [-0.39, 0.29) is 12.1 Å². The average molecular weight is 420 g/mol. The zero-order valence-corrected chi connectivity index (χ0v) is 19.1. The predicted octanol–water partition coefficient (Wildman–Crippen LogP) is 3.78. The number of ether oxygens (including phenoxy) is 2. The number of benzene rings is 1. The number of amides is 1. The number of nitrogens with zero attached hydrogens (tertiary/aromatic N) is 2. The van der Waals surface area contributed by atoms with Crippen molar-refractivity contribution in [2.75, 3.05) is 47.4 Å². The molecule has 7 heteroatoms. The molecule has 1 N–H and O–H groups in total. The fourth-order valence-corrected chi connectivity index (χ4v) is 3.93. The summed E-state index contributed by atoms with van der Waals surface area (Å²) in [5.74, 6) is 1.36. The van der Waals surface area contributed by atoms with Crippen LogP contribution in [-0.2, 0) is 0 Å². The molecule has 0 aliphatic rings. The van der Waals surface area contributed by atoms with Gasteiger partial charge in [0.1, 0.15) is 6.23 Å². The number of nitrogens with one attached hydrogen (secondary N) is 1. The van der Waals surface area contributed by atoms with Crippen LogP contribution < -0.4 is 14.8 Å². The van der Waals surface area contributed by atoms with Gasteiger partial charge in [-0.05, 0) is 70.0 Å². The SMILES string of the molecule is CCN(CC)C(C)Oc1ccc(-c2ccc(C(=O)NCCN(C)C)s2)cc1OC. The molecule has 2 aromatic rings. The van der Waals surface area contributed by atoms with E-state index in [2.05, 4.69) is 24.1 Å². The first-order valence-corrected chi connectivity index (χ1v) is 10.8. The highest BCUT2D eigenvalue weighted by Gasteiger charge is 2.16. The summed E-state index contributed by atoms with van der Waals surface area (Å²) in [4.78, 5) is 18.3. The standard InChI is InChI=1S/C22H33N3O3S/c1-7-25(8-2)16(3)28-18-10-9-17(15-19(18)27-6)20-11-12-21(29-20)22(26)23-13-14-24(4)5/h9-12,15-16H,7-8,13-14H2,1-6H3,(H,23,26). The second-order valence-corrected chi connectivity index (χ2v) is 8.11. The molecular formula is C22H33N3O3S. The Morgan fingerprint density at radius 1 is 1.14 bits per heavy atom. The monoisotopic (exact) mass is 419 g/mol. The number of thiophene rings is 1. The van der Waals surface area contributed by atoms with E-state index in [1.807, 2.05) is 56.3 Å². The molecule has 6 nitrogen and oxygen atoms in total. The third-order valence-corrected chi connectivity index (χ3v) is 5.88. The number of likely N-dealkylation sites (N-methyl/N-ethyl adjacent to an activating group) is 1. The van der Waals surface area contributed by atoms with E-state index in [0.717, 1.165) is 30.1 Å². The molecule has 0 saturated heterocycles. The minimum atomic E-state index is -0.0388. The van der Waals surface area contributed by atoms with E-state index in [1.165, 1.54) is 11.3 Å². The van der Waals surface area contributed by atoms with Gasteiger partial charge in [0.15, 0.2) is 11.5 Å². The van der Waals surface area contributed by atoms with Crippen LogP contribution in [0.3, 0.4) is 0 Å². The smallest absolute Gasteiger partial charge is 0.261 e. The summed E-state index contributed by atoms with van der Waals surface area (Å²) in [6.45, 7) is 9.57. The Hall–Kier alpha value is -2.09. The molecule has 0 spiro atoms. The molecule has 0 aliphatic heterocycles. The molecule has 1 amide bonds. The number of rotatable bonds is 11.